The molecule has 0 saturated heterocycles. The van der Waals surface area contributed by atoms with Gasteiger partial charge in [0, 0.05) is 11.8 Å². The number of nitrogens with one attached hydrogen (secondary N) is 1. The number of nitrogens with two attached hydrogens (primary N) is 1. The zero-order valence-corrected chi connectivity index (χ0v) is 18.1. The van der Waals surface area contributed by atoms with Crippen LogP contribution >= 0.6 is 11.8 Å². The van der Waals surface area contributed by atoms with Gasteiger partial charge >= 0.3 is 0 Å². The molecule has 1 atom stereocenters. The van der Waals surface area contributed by atoms with E-state index in [0.717, 1.165) is 23.9 Å². The van der Waals surface area contributed by atoms with Crippen LogP contribution in [0.3, 0.4) is 0 Å². The molecule has 1 aromatic heterocycles. The molecule has 31 heavy (non-hydrogen) atoms. The van der Waals surface area contributed by atoms with E-state index in [1.54, 1.807) is 6.92 Å². The molecule has 1 amide bonds. The Hall–Kier alpha value is -3.14. The predicted molar refractivity (Wildman–Crippen MR) is 115 cm³/mol. The Morgan fingerprint density at radius 2 is 1.84 bits per heavy atom. The smallest absolute Gasteiger partial charge is 0.237 e. The van der Waals surface area contributed by atoms with Crippen molar-refractivity contribution in [2.75, 3.05) is 11.2 Å². The number of thioether (sulfide) groups is 1. The van der Waals surface area contributed by atoms with Crippen molar-refractivity contribution in [1.82, 2.24) is 14.9 Å². The molecular formula is C21H23F2N5O2S. The normalized spacial score (nSPS) is 12.1. The Labute approximate surface area is 183 Å². The molecule has 1 heterocycles. The van der Waals surface area contributed by atoms with Gasteiger partial charge in [0.2, 0.25) is 11.1 Å². The number of ether oxygens (including phenoxy) is 1. The second-order valence-electron chi connectivity index (χ2n) is 7.16. The largest absolute Gasteiger partial charge is 0.486 e. The van der Waals surface area contributed by atoms with Crippen LogP contribution in [0.2, 0.25) is 0 Å². The Morgan fingerprint density at radius 1 is 1.13 bits per heavy atom. The zero-order valence-electron chi connectivity index (χ0n) is 17.3. The van der Waals surface area contributed by atoms with E-state index in [-0.39, 0.29) is 12.3 Å². The molecule has 0 aliphatic rings. The number of benzene rings is 2. The van der Waals surface area contributed by atoms with Gasteiger partial charge < -0.3 is 15.9 Å². The van der Waals surface area contributed by atoms with Crippen LogP contribution in [0.15, 0.2) is 47.6 Å². The molecule has 2 aromatic carbocycles. The first-order valence-electron chi connectivity index (χ1n) is 9.59. The number of carbonyl (C=O) groups excluding carboxylic acids is 1. The number of carbonyl (C=O) groups is 1. The van der Waals surface area contributed by atoms with Gasteiger partial charge in [0.15, 0.2) is 17.5 Å². The van der Waals surface area contributed by atoms with Crippen LogP contribution in [0.4, 0.5) is 14.5 Å². The quantitative estimate of drug-likeness (QED) is 0.399. The van der Waals surface area contributed by atoms with Crippen LogP contribution in [0, 0.1) is 11.6 Å². The van der Waals surface area contributed by atoms with Gasteiger partial charge in [-0.3, -0.25) is 4.79 Å². The molecule has 0 saturated carbocycles. The maximum absolute atomic E-state index is 13.3. The van der Waals surface area contributed by atoms with Crippen molar-refractivity contribution in [3.05, 3.63) is 65.5 Å². The summed E-state index contributed by atoms with van der Waals surface area (Å²) in [4.78, 5) is 12.3. The van der Waals surface area contributed by atoms with E-state index in [1.165, 1.54) is 16.3 Å². The molecule has 0 aliphatic carbocycles. The second kappa shape index (κ2) is 9.78. The average Bonchev–Trinajstić information content (AvgIpc) is 3.08. The van der Waals surface area contributed by atoms with Crippen molar-refractivity contribution < 1.29 is 18.3 Å². The van der Waals surface area contributed by atoms with Gasteiger partial charge in [0.1, 0.15) is 12.4 Å². The molecule has 0 fully saturated rings. The van der Waals surface area contributed by atoms with Crippen LogP contribution in [-0.4, -0.2) is 26.0 Å². The number of rotatable bonds is 8. The van der Waals surface area contributed by atoms with Crippen LogP contribution in [-0.2, 0) is 11.4 Å². The molecule has 0 spiro atoms. The summed E-state index contributed by atoms with van der Waals surface area (Å²) in [5, 5.41) is 10.2. The van der Waals surface area contributed by atoms with Crippen molar-refractivity contribution in [2.45, 2.75) is 43.7 Å². The maximum atomic E-state index is 13.3. The minimum atomic E-state index is -1.04. The van der Waals surface area contributed by atoms with Gasteiger partial charge in [-0.05, 0) is 42.7 Å². The summed E-state index contributed by atoms with van der Waals surface area (Å²) >= 11 is 1.08. The van der Waals surface area contributed by atoms with Gasteiger partial charge in [-0.1, -0.05) is 37.7 Å². The van der Waals surface area contributed by atoms with E-state index >= 15 is 0 Å². The summed E-state index contributed by atoms with van der Waals surface area (Å²) in [5.41, 5.74) is 1.37. The molecular weight excluding hydrogens is 424 g/mol. The minimum absolute atomic E-state index is 0.112. The third-order valence-corrected chi connectivity index (χ3v) is 5.55. The monoisotopic (exact) mass is 447 g/mol. The van der Waals surface area contributed by atoms with Crippen LogP contribution in [0.25, 0.3) is 0 Å². The average molecular weight is 448 g/mol. The number of aromatic nitrogens is 3. The van der Waals surface area contributed by atoms with Crippen molar-refractivity contribution in [3.63, 3.8) is 0 Å². The van der Waals surface area contributed by atoms with Crippen LogP contribution in [0.1, 0.15) is 38.1 Å². The summed E-state index contributed by atoms with van der Waals surface area (Å²) in [6, 6.07) is 10.9. The number of hydrogen-bond acceptors (Lipinski definition) is 6. The highest BCUT2D eigenvalue weighted by atomic mass is 32.2. The van der Waals surface area contributed by atoms with Gasteiger partial charge in [0.25, 0.3) is 0 Å². The fraction of sp³-hybridized carbons (Fsp3) is 0.286. The second-order valence-corrected chi connectivity index (χ2v) is 8.47. The van der Waals surface area contributed by atoms with Crippen molar-refractivity contribution in [3.8, 4) is 5.75 Å². The highest BCUT2D eigenvalue weighted by molar-refractivity contribution is 8.00. The van der Waals surface area contributed by atoms with Gasteiger partial charge in [-0.2, -0.15) is 0 Å². The Kier molecular flexibility index (Phi) is 7.11. The number of hydrogen-bond donors (Lipinski definition) is 2. The topological polar surface area (TPSA) is 95.1 Å². The Balaban J connectivity index is 1.57. The summed E-state index contributed by atoms with van der Waals surface area (Å²) < 4.78 is 33.3. The van der Waals surface area contributed by atoms with E-state index in [2.05, 4.69) is 29.4 Å². The Morgan fingerprint density at radius 3 is 2.48 bits per heavy atom. The van der Waals surface area contributed by atoms with E-state index in [1.807, 2.05) is 24.3 Å². The lowest BCUT2D eigenvalue weighted by Crippen LogP contribution is -2.24. The minimum Gasteiger partial charge on any atom is -0.486 e. The number of nitrogen functional groups attached to an aromatic ring is 1. The van der Waals surface area contributed by atoms with Crippen molar-refractivity contribution >= 4 is 23.4 Å². The lowest BCUT2D eigenvalue weighted by molar-refractivity contribution is -0.115. The molecule has 10 heteroatoms. The SMILES string of the molecule is CC(Sc1nnc(COc2ccc(C(C)C)cc2)n1N)C(=O)Nc1ccc(F)c(F)c1. The van der Waals surface area contributed by atoms with E-state index < -0.39 is 22.8 Å². The Bertz CT molecular complexity index is 1060. The first-order valence-corrected chi connectivity index (χ1v) is 10.5. The zero-order chi connectivity index (χ0) is 22.5. The molecule has 0 radical (unpaired) electrons. The third-order valence-electron chi connectivity index (χ3n) is 4.49. The molecule has 1 unspecified atom stereocenters. The standard InChI is InChI=1S/C21H23F2N5O2S/c1-12(2)14-4-7-16(8-5-14)30-11-19-26-27-21(28(19)24)31-13(3)20(29)25-15-6-9-17(22)18(23)10-15/h4-10,12-13H,11,24H2,1-3H3,(H,25,29). The first kappa shape index (κ1) is 22.5. The van der Waals surface area contributed by atoms with Crippen molar-refractivity contribution in [2.24, 2.45) is 0 Å². The summed E-state index contributed by atoms with van der Waals surface area (Å²) in [6.45, 7) is 5.98. The third kappa shape index (κ3) is 5.72. The number of anilines is 1. The molecule has 0 bridgehead atoms. The van der Waals surface area contributed by atoms with Crippen molar-refractivity contribution in [1.29, 1.82) is 0 Å². The maximum Gasteiger partial charge on any atom is 0.237 e. The molecule has 3 rings (SSSR count). The van der Waals surface area contributed by atoms with E-state index in [4.69, 9.17) is 10.6 Å². The lowest BCUT2D eigenvalue weighted by atomic mass is 10.0. The molecule has 7 nitrogen and oxygen atoms in total. The van der Waals surface area contributed by atoms with Gasteiger partial charge in [0.05, 0.1) is 5.25 Å². The highest BCUT2D eigenvalue weighted by Crippen LogP contribution is 2.23. The van der Waals surface area contributed by atoms with E-state index in [9.17, 15) is 13.6 Å². The summed E-state index contributed by atoms with van der Waals surface area (Å²) in [7, 11) is 0. The summed E-state index contributed by atoms with van der Waals surface area (Å²) in [5.74, 6) is 5.11. The predicted octanol–water partition coefficient (Wildman–Crippen LogP) is 4.09. The van der Waals surface area contributed by atoms with Gasteiger partial charge in [-0.15, -0.1) is 10.2 Å². The van der Waals surface area contributed by atoms with Crippen LogP contribution < -0.4 is 15.9 Å². The fourth-order valence-electron chi connectivity index (χ4n) is 2.61. The number of nitrogens with zero attached hydrogens (tertiary/aromatic N) is 3. The number of halogens is 2. The molecule has 0 aliphatic heterocycles. The molecule has 3 N–H and O–H groups in total. The number of amides is 1. The fourth-order valence-corrected chi connectivity index (χ4v) is 3.40. The van der Waals surface area contributed by atoms with Crippen LogP contribution in [0.5, 0.6) is 5.75 Å². The first-order chi connectivity index (χ1) is 14.7. The highest BCUT2D eigenvalue weighted by Gasteiger charge is 2.20. The molecule has 3 aromatic rings. The van der Waals surface area contributed by atoms with E-state index in [0.29, 0.717) is 22.6 Å². The summed E-state index contributed by atoms with van der Waals surface area (Å²) in [6.07, 6.45) is 0. The molecule has 164 valence electrons. The van der Waals surface area contributed by atoms with Gasteiger partial charge in [-0.25, -0.2) is 13.5 Å². The lowest BCUT2D eigenvalue weighted by Gasteiger charge is -2.12.